The molecule has 5 heteroatoms. The summed E-state index contributed by atoms with van der Waals surface area (Å²) in [5.74, 6) is 0.226. The van der Waals surface area contributed by atoms with E-state index in [2.05, 4.69) is 9.97 Å². The van der Waals surface area contributed by atoms with Gasteiger partial charge in [-0.3, -0.25) is 0 Å². The molecular weight excluding hydrogens is 167 g/mol. The van der Waals surface area contributed by atoms with Gasteiger partial charge in [-0.2, -0.15) is 4.98 Å². The summed E-state index contributed by atoms with van der Waals surface area (Å²) < 4.78 is 12.7. The first kappa shape index (κ1) is 8.26. The van der Waals surface area contributed by atoms with Gasteiger partial charge in [-0.05, 0) is 5.75 Å². The van der Waals surface area contributed by atoms with Gasteiger partial charge in [0, 0.05) is 6.20 Å². The van der Waals surface area contributed by atoms with Crippen LogP contribution in [0.5, 0.6) is 0 Å². The van der Waals surface area contributed by atoms with E-state index in [1.54, 1.807) is 0 Å². The lowest BCUT2D eigenvalue weighted by Gasteiger charge is -1.95. The zero-order chi connectivity index (χ0) is 8.27. The summed E-state index contributed by atoms with van der Waals surface area (Å²) in [4.78, 5) is 16.2. The minimum Gasteiger partial charge on any atom is -0.310 e. The number of nitrogens with zero attached hydrogens (tertiary/aromatic N) is 1. The maximum absolute atomic E-state index is 12.7. The van der Waals surface area contributed by atoms with E-state index in [-0.39, 0.29) is 5.03 Å². The van der Waals surface area contributed by atoms with Gasteiger partial charge in [0.2, 0.25) is 0 Å². The van der Waals surface area contributed by atoms with Crippen LogP contribution in [0.3, 0.4) is 0 Å². The molecule has 0 saturated heterocycles. The molecule has 0 saturated carbocycles. The summed E-state index contributed by atoms with van der Waals surface area (Å²) >= 11 is 1.21. The van der Waals surface area contributed by atoms with E-state index in [1.165, 1.54) is 11.8 Å². The van der Waals surface area contributed by atoms with E-state index >= 15 is 0 Å². The number of halogens is 1. The normalized spacial score (nSPS) is 10.0. The van der Waals surface area contributed by atoms with Gasteiger partial charge in [-0.1, -0.05) is 6.92 Å². The Bertz CT molecular complexity index is 299. The summed E-state index contributed by atoms with van der Waals surface area (Å²) in [7, 11) is 0. The number of nitrogens with one attached hydrogen (secondary N) is 1. The Balaban J connectivity index is 3.02. The summed E-state index contributed by atoms with van der Waals surface area (Å²) in [6, 6.07) is 0. The van der Waals surface area contributed by atoms with Gasteiger partial charge < -0.3 is 4.98 Å². The Labute approximate surface area is 67.1 Å². The third kappa shape index (κ3) is 2.04. The van der Waals surface area contributed by atoms with Crippen LogP contribution in [0.2, 0.25) is 0 Å². The topological polar surface area (TPSA) is 45.8 Å². The predicted molar refractivity (Wildman–Crippen MR) is 41.2 cm³/mol. The number of hydrogen-bond donors (Lipinski definition) is 1. The minimum atomic E-state index is -0.512. The molecule has 60 valence electrons. The van der Waals surface area contributed by atoms with Crippen LogP contribution in [0, 0.1) is 5.82 Å². The molecule has 0 unspecified atom stereocenters. The van der Waals surface area contributed by atoms with Crippen LogP contribution in [0.1, 0.15) is 6.92 Å². The fraction of sp³-hybridized carbons (Fsp3) is 0.333. The maximum atomic E-state index is 12.7. The van der Waals surface area contributed by atoms with Crippen LogP contribution in [-0.2, 0) is 0 Å². The number of aromatic amines is 1. The first-order valence-corrected chi connectivity index (χ1v) is 4.10. The monoisotopic (exact) mass is 174 g/mol. The maximum Gasteiger partial charge on any atom is 0.346 e. The highest BCUT2D eigenvalue weighted by molar-refractivity contribution is 7.99. The largest absolute Gasteiger partial charge is 0.346 e. The van der Waals surface area contributed by atoms with Crippen LogP contribution < -0.4 is 5.69 Å². The Kier molecular flexibility index (Phi) is 2.64. The third-order valence-electron chi connectivity index (χ3n) is 1.01. The molecule has 0 spiro atoms. The lowest BCUT2D eigenvalue weighted by molar-refractivity contribution is 0.574. The molecule has 1 aromatic rings. The molecule has 1 N–H and O–H groups in total. The number of H-pyrrole nitrogens is 1. The fourth-order valence-electron chi connectivity index (χ4n) is 0.603. The summed E-state index contributed by atoms with van der Waals surface area (Å²) in [5.41, 5.74) is -0.512. The van der Waals surface area contributed by atoms with Crippen LogP contribution in [0.15, 0.2) is 16.0 Å². The lowest BCUT2D eigenvalue weighted by atomic mass is 10.6. The molecule has 0 aliphatic rings. The zero-order valence-corrected chi connectivity index (χ0v) is 6.74. The number of rotatable bonds is 2. The van der Waals surface area contributed by atoms with Gasteiger partial charge in [0.15, 0.2) is 5.82 Å². The zero-order valence-electron chi connectivity index (χ0n) is 5.93. The van der Waals surface area contributed by atoms with Crippen molar-refractivity contribution in [3.8, 4) is 0 Å². The first-order chi connectivity index (χ1) is 5.24. The van der Waals surface area contributed by atoms with Crippen molar-refractivity contribution in [2.75, 3.05) is 5.75 Å². The average molecular weight is 174 g/mol. The highest BCUT2D eigenvalue weighted by atomic mass is 32.2. The fourth-order valence-corrected chi connectivity index (χ4v) is 1.22. The van der Waals surface area contributed by atoms with Crippen molar-refractivity contribution in [2.24, 2.45) is 0 Å². The Morgan fingerprint density at radius 3 is 3.18 bits per heavy atom. The molecule has 0 aliphatic heterocycles. The second-order valence-corrected chi connectivity index (χ2v) is 3.04. The minimum absolute atomic E-state index is 0.163. The number of thioether (sulfide) groups is 1. The van der Waals surface area contributed by atoms with Gasteiger partial charge in [0.05, 0.1) is 0 Å². The second kappa shape index (κ2) is 3.52. The van der Waals surface area contributed by atoms with E-state index in [0.717, 1.165) is 6.20 Å². The van der Waals surface area contributed by atoms with Gasteiger partial charge in [0.25, 0.3) is 0 Å². The van der Waals surface area contributed by atoms with E-state index in [1.807, 2.05) is 6.92 Å². The molecular formula is C6H7FN2OS. The van der Waals surface area contributed by atoms with Crippen LogP contribution in [0.4, 0.5) is 4.39 Å². The quantitative estimate of drug-likeness (QED) is 0.538. The average Bonchev–Trinajstić information content (AvgIpc) is 1.98. The lowest BCUT2D eigenvalue weighted by Crippen LogP contribution is -2.11. The molecule has 11 heavy (non-hydrogen) atoms. The summed E-state index contributed by atoms with van der Waals surface area (Å²) in [6.07, 6.45) is 1.02. The van der Waals surface area contributed by atoms with Crippen molar-refractivity contribution in [1.29, 1.82) is 0 Å². The smallest absolute Gasteiger partial charge is 0.310 e. The first-order valence-electron chi connectivity index (χ1n) is 3.12. The van der Waals surface area contributed by atoms with Gasteiger partial charge >= 0.3 is 5.69 Å². The molecule has 3 nitrogen and oxygen atoms in total. The third-order valence-corrected chi connectivity index (χ3v) is 1.86. The van der Waals surface area contributed by atoms with Crippen molar-refractivity contribution >= 4 is 11.8 Å². The molecule has 0 radical (unpaired) electrons. The van der Waals surface area contributed by atoms with Crippen LogP contribution in [0.25, 0.3) is 0 Å². The highest BCUT2D eigenvalue weighted by Crippen LogP contribution is 2.15. The molecule has 0 bridgehead atoms. The van der Waals surface area contributed by atoms with Crippen molar-refractivity contribution < 1.29 is 4.39 Å². The molecule has 0 atom stereocenters. The van der Waals surface area contributed by atoms with Gasteiger partial charge in [-0.25, -0.2) is 9.18 Å². The van der Waals surface area contributed by atoms with Crippen molar-refractivity contribution in [3.63, 3.8) is 0 Å². The van der Waals surface area contributed by atoms with Crippen molar-refractivity contribution in [2.45, 2.75) is 11.9 Å². The molecule has 1 aromatic heterocycles. The van der Waals surface area contributed by atoms with Crippen molar-refractivity contribution in [1.82, 2.24) is 9.97 Å². The van der Waals surface area contributed by atoms with E-state index in [9.17, 15) is 9.18 Å². The second-order valence-electron chi connectivity index (χ2n) is 1.79. The Hall–Kier alpha value is -0.840. The van der Waals surface area contributed by atoms with Crippen molar-refractivity contribution in [3.05, 3.63) is 22.5 Å². The summed E-state index contributed by atoms with van der Waals surface area (Å²) in [5, 5.41) is 0.163. The molecule has 0 amide bonds. The van der Waals surface area contributed by atoms with E-state index in [0.29, 0.717) is 5.75 Å². The van der Waals surface area contributed by atoms with Crippen LogP contribution >= 0.6 is 11.8 Å². The van der Waals surface area contributed by atoms with Gasteiger partial charge in [-0.15, -0.1) is 11.8 Å². The molecule has 0 fully saturated rings. The van der Waals surface area contributed by atoms with E-state index < -0.39 is 11.5 Å². The van der Waals surface area contributed by atoms with Gasteiger partial charge in [0.1, 0.15) is 5.03 Å². The predicted octanol–water partition coefficient (Wildman–Crippen LogP) is 1.02. The molecule has 0 aliphatic carbocycles. The Morgan fingerprint density at radius 1 is 1.82 bits per heavy atom. The molecule has 1 heterocycles. The molecule has 1 rings (SSSR count). The van der Waals surface area contributed by atoms with E-state index in [4.69, 9.17) is 0 Å². The highest BCUT2D eigenvalue weighted by Gasteiger charge is 2.02. The molecule has 0 aromatic carbocycles. The summed E-state index contributed by atoms with van der Waals surface area (Å²) in [6.45, 7) is 1.87. The Morgan fingerprint density at radius 2 is 2.55 bits per heavy atom. The van der Waals surface area contributed by atoms with Crippen LogP contribution in [-0.4, -0.2) is 15.7 Å². The number of aromatic nitrogens is 2. The number of hydrogen-bond acceptors (Lipinski definition) is 3. The standard InChI is InChI=1S/C6H7FN2OS/c1-2-11-5-4(7)3-8-6(10)9-5/h3H,2H2,1H3,(H,8,9,10). The SMILES string of the molecule is CCSc1nc(=O)[nH]cc1F.